The van der Waals surface area contributed by atoms with Crippen LogP contribution in [0.25, 0.3) is 0 Å². The first-order valence-electron chi connectivity index (χ1n) is 13.3. The van der Waals surface area contributed by atoms with E-state index in [0.29, 0.717) is 18.3 Å². The molecule has 4 rings (SSSR count). The molecule has 6 heteroatoms. The highest BCUT2D eigenvalue weighted by molar-refractivity contribution is 6.06. The zero-order chi connectivity index (χ0) is 25.8. The Balaban J connectivity index is 1.70. The lowest BCUT2D eigenvalue weighted by Crippen LogP contribution is -2.60. The van der Waals surface area contributed by atoms with Crippen molar-refractivity contribution < 1.29 is 28.7 Å². The molecule has 0 aromatic rings. The standard InChI is InChI=1S/C29H40O6/c1-7-25(32)34-16-24(31)29(35-26(33)8-2)14-12-21-20-10-9-19-15-23(30)17(3)18(4)28(19,6)22(20)11-13-27(21,29)5/h15,20-22H,7-14,16H2,1-6H3/t20-,21-,22-,27-,28-,29-/m0/s1. The third-order valence-corrected chi connectivity index (χ3v) is 10.4. The molecule has 0 unspecified atom stereocenters. The summed E-state index contributed by atoms with van der Waals surface area (Å²) in [5.41, 5.74) is 1.37. The van der Waals surface area contributed by atoms with E-state index in [1.54, 1.807) is 13.8 Å². The highest BCUT2D eigenvalue weighted by Crippen LogP contribution is 2.69. The number of Topliss-reactive ketones (excluding diaryl/α,β-unsaturated/α-hetero) is 1. The lowest BCUT2D eigenvalue weighted by molar-refractivity contribution is -0.191. The quantitative estimate of drug-likeness (QED) is 0.476. The Hall–Kier alpha value is -2.24. The molecule has 4 aliphatic rings. The Bertz CT molecular complexity index is 1020. The Morgan fingerprint density at radius 2 is 1.63 bits per heavy atom. The Labute approximate surface area is 208 Å². The summed E-state index contributed by atoms with van der Waals surface area (Å²) < 4.78 is 11.3. The van der Waals surface area contributed by atoms with Gasteiger partial charge in [-0.05, 0) is 81.8 Å². The van der Waals surface area contributed by atoms with Gasteiger partial charge < -0.3 is 9.47 Å². The molecule has 0 amide bonds. The van der Waals surface area contributed by atoms with Gasteiger partial charge in [-0.15, -0.1) is 0 Å². The van der Waals surface area contributed by atoms with Crippen molar-refractivity contribution in [3.8, 4) is 0 Å². The topological polar surface area (TPSA) is 86.7 Å². The molecule has 0 saturated heterocycles. The van der Waals surface area contributed by atoms with Crippen LogP contribution in [0.4, 0.5) is 0 Å². The minimum Gasteiger partial charge on any atom is -0.457 e. The van der Waals surface area contributed by atoms with Crippen molar-refractivity contribution in [2.45, 2.75) is 98.5 Å². The van der Waals surface area contributed by atoms with Crippen LogP contribution in [0, 0.1) is 28.6 Å². The van der Waals surface area contributed by atoms with Crippen LogP contribution in [0.5, 0.6) is 0 Å². The number of ether oxygens (including phenoxy) is 2. The number of esters is 2. The van der Waals surface area contributed by atoms with Crippen molar-refractivity contribution in [1.29, 1.82) is 0 Å². The van der Waals surface area contributed by atoms with E-state index in [-0.39, 0.29) is 48.3 Å². The molecule has 6 atom stereocenters. The first kappa shape index (κ1) is 25.8. The Morgan fingerprint density at radius 1 is 0.971 bits per heavy atom. The van der Waals surface area contributed by atoms with Crippen LogP contribution in [0.15, 0.2) is 22.8 Å². The number of ketones is 2. The number of allylic oxidation sites excluding steroid dienone is 4. The van der Waals surface area contributed by atoms with Crippen molar-refractivity contribution in [3.05, 3.63) is 22.8 Å². The monoisotopic (exact) mass is 484 g/mol. The molecule has 0 aliphatic heterocycles. The van der Waals surface area contributed by atoms with Gasteiger partial charge in [-0.2, -0.15) is 0 Å². The summed E-state index contributed by atoms with van der Waals surface area (Å²) >= 11 is 0. The first-order valence-corrected chi connectivity index (χ1v) is 13.3. The summed E-state index contributed by atoms with van der Waals surface area (Å²) in [6, 6.07) is 0. The predicted octanol–water partition coefficient (Wildman–Crippen LogP) is 5.29. The molecule has 0 radical (unpaired) electrons. The van der Waals surface area contributed by atoms with Crippen LogP contribution >= 0.6 is 0 Å². The van der Waals surface area contributed by atoms with E-state index < -0.39 is 17.0 Å². The molecule has 192 valence electrons. The summed E-state index contributed by atoms with van der Waals surface area (Å²) in [6.45, 7) is 11.6. The predicted molar refractivity (Wildman–Crippen MR) is 131 cm³/mol. The van der Waals surface area contributed by atoms with Crippen molar-refractivity contribution in [3.63, 3.8) is 0 Å². The first-order chi connectivity index (χ1) is 16.5. The third kappa shape index (κ3) is 3.65. The number of rotatable bonds is 6. The van der Waals surface area contributed by atoms with Crippen LogP contribution in [0.3, 0.4) is 0 Å². The minimum atomic E-state index is -1.26. The summed E-state index contributed by atoms with van der Waals surface area (Å²) in [4.78, 5) is 50.6. The molecule has 6 nitrogen and oxygen atoms in total. The fourth-order valence-electron chi connectivity index (χ4n) is 8.12. The zero-order valence-corrected chi connectivity index (χ0v) is 22.1. The number of carbonyl (C=O) groups is 4. The van der Waals surface area contributed by atoms with Gasteiger partial charge in [0.25, 0.3) is 0 Å². The average molecular weight is 485 g/mol. The van der Waals surface area contributed by atoms with E-state index in [2.05, 4.69) is 20.8 Å². The minimum absolute atomic E-state index is 0.132. The fraction of sp³-hybridized carbons (Fsp3) is 0.724. The van der Waals surface area contributed by atoms with Crippen LogP contribution in [-0.2, 0) is 28.7 Å². The number of carbonyl (C=O) groups excluding carboxylic acids is 4. The van der Waals surface area contributed by atoms with Gasteiger partial charge >= 0.3 is 11.9 Å². The molecule has 4 aliphatic carbocycles. The van der Waals surface area contributed by atoms with Crippen LogP contribution in [-0.4, -0.2) is 35.7 Å². The Morgan fingerprint density at radius 3 is 2.29 bits per heavy atom. The van der Waals surface area contributed by atoms with Gasteiger partial charge in [0.2, 0.25) is 5.78 Å². The molecule has 0 bridgehead atoms. The average Bonchev–Trinajstić information content (AvgIpc) is 3.14. The molecule has 3 saturated carbocycles. The van der Waals surface area contributed by atoms with E-state index in [9.17, 15) is 19.2 Å². The summed E-state index contributed by atoms with van der Waals surface area (Å²) in [5.74, 6) is 0.0122. The van der Waals surface area contributed by atoms with Gasteiger partial charge in [0.15, 0.2) is 18.0 Å². The number of hydrogen-bond acceptors (Lipinski definition) is 6. The summed E-state index contributed by atoms with van der Waals surface area (Å²) in [6.07, 6.45) is 7.05. The van der Waals surface area contributed by atoms with Crippen molar-refractivity contribution in [2.24, 2.45) is 28.6 Å². The lowest BCUT2D eigenvalue weighted by Gasteiger charge is -2.59. The second-order valence-corrected chi connectivity index (χ2v) is 11.5. The maximum atomic E-state index is 13.7. The third-order valence-electron chi connectivity index (χ3n) is 10.4. The van der Waals surface area contributed by atoms with E-state index >= 15 is 0 Å². The normalized spacial score (nSPS) is 38.2. The SMILES string of the molecule is CCC(=O)OCC(=O)[C@@]1(OC(=O)CC)CC[C@H]2[C@@H]3CCC4=CC(=O)C(C)=C(C)[C@]4(C)[C@H]3CC[C@@]21C. The maximum Gasteiger partial charge on any atom is 0.306 e. The molecule has 35 heavy (non-hydrogen) atoms. The van der Waals surface area contributed by atoms with E-state index in [0.717, 1.165) is 37.7 Å². The van der Waals surface area contributed by atoms with Gasteiger partial charge in [0.1, 0.15) is 0 Å². The second-order valence-electron chi connectivity index (χ2n) is 11.5. The van der Waals surface area contributed by atoms with Crippen LogP contribution in [0.1, 0.15) is 92.9 Å². The smallest absolute Gasteiger partial charge is 0.306 e. The molecule has 0 aromatic carbocycles. The van der Waals surface area contributed by atoms with Crippen molar-refractivity contribution in [2.75, 3.05) is 6.61 Å². The van der Waals surface area contributed by atoms with Crippen molar-refractivity contribution >= 4 is 23.5 Å². The lowest BCUT2D eigenvalue weighted by atomic mass is 9.45. The number of fused-ring (bicyclic) bond motifs is 5. The van der Waals surface area contributed by atoms with Gasteiger partial charge in [0, 0.05) is 23.7 Å². The highest BCUT2D eigenvalue weighted by atomic mass is 16.6. The Kier molecular flexibility index (Phi) is 6.65. The molecule has 0 spiro atoms. The molecule has 3 fully saturated rings. The van der Waals surface area contributed by atoms with E-state index in [1.807, 2.05) is 13.0 Å². The van der Waals surface area contributed by atoms with Crippen LogP contribution < -0.4 is 0 Å². The summed E-state index contributed by atoms with van der Waals surface area (Å²) in [7, 11) is 0. The summed E-state index contributed by atoms with van der Waals surface area (Å²) in [5, 5.41) is 0. The number of hydrogen-bond donors (Lipinski definition) is 0. The molecule has 0 aromatic heterocycles. The second kappa shape index (κ2) is 9.01. The molecular weight excluding hydrogens is 444 g/mol. The highest BCUT2D eigenvalue weighted by Gasteiger charge is 2.69. The van der Waals surface area contributed by atoms with Gasteiger partial charge in [-0.25, -0.2) is 0 Å². The molecule has 0 N–H and O–H groups in total. The van der Waals surface area contributed by atoms with E-state index in [4.69, 9.17) is 9.47 Å². The zero-order valence-electron chi connectivity index (χ0n) is 22.1. The van der Waals surface area contributed by atoms with E-state index in [1.165, 1.54) is 11.1 Å². The maximum absolute atomic E-state index is 13.7. The van der Waals surface area contributed by atoms with Gasteiger partial charge in [0.05, 0.1) is 0 Å². The largest absolute Gasteiger partial charge is 0.457 e. The van der Waals surface area contributed by atoms with Gasteiger partial charge in [-0.1, -0.05) is 38.8 Å². The molecular formula is C29H40O6. The van der Waals surface area contributed by atoms with Crippen LogP contribution in [0.2, 0.25) is 0 Å². The fourth-order valence-corrected chi connectivity index (χ4v) is 8.12. The molecule has 0 heterocycles. The van der Waals surface area contributed by atoms with Crippen molar-refractivity contribution in [1.82, 2.24) is 0 Å². The van der Waals surface area contributed by atoms with Gasteiger partial charge in [-0.3, -0.25) is 19.2 Å².